The van der Waals surface area contributed by atoms with E-state index in [1.165, 1.54) is 51.7 Å². The molecular formula is C23H27ClFN3O4S. The maximum absolute atomic E-state index is 13.4. The van der Waals surface area contributed by atoms with Crippen LogP contribution < -0.4 is 10.2 Å². The Morgan fingerprint density at radius 2 is 1.79 bits per heavy atom. The summed E-state index contributed by atoms with van der Waals surface area (Å²) in [4.78, 5) is 26.7. The van der Waals surface area contributed by atoms with E-state index in [-0.39, 0.29) is 34.7 Å². The molecule has 0 bridgehead atoms. The van der Waals surface area contributed by atoms with Gasteiger partial charge in [-0.05, 0) is 55.3 Å². The van der Waals surface area contributed by atoms with Crippen molar-refractivity contribution >= 4 is 44.8 Å². The minimum Gasteiger partial charge on any atom is -0.326 e. The topological polar surface area (TPSA) is 86.8 Å². The van der Waals surface area contributed by atoms with Crippen LogP contribution in [0.25, 0.3) is 0 Å². The number of benzene rings is 2. The lowest BCUT2D eigenvalue weighted by molar-refractivity contribution is -0.122. The summed E-state index contributed by atoms with van der Waals surface area (Å²) >= 11 is 5.81. The predicted octanol–water partition coefficient (Wildman–Crippen LogP) is 4.28. The lowest BCUT2D eigenvalue weighted by Gasteiger charge is -2.21. The van der Waals surface area contributed by atoms with Gasteiger partial charge in [0.1, 0.15) is 5.82 Å². The molecule has 2 amide bonds. The Hall–Kier alpha value is -2.49. The number of halogens is 2. The maximum atomic E-state index is 13.4. The van der Waals surface area contributed by atoms with E-state index < -0.39 is 21.8 Å². The second-order valence-electron chi connectivity index (χ2n) is 7.92. The quantitative estimate of drug-likeness (QED) is 0.562. The zero-order valence-electron chi connectivity index (χ0n) is 18.6. The van der Waals surface area contributed by atoms with Crippen LogP contribution in [0.2, 0.25) is 5.02 Å². The Morgan fingerprint density at radius 3 is 2.36 bits per heavy atom. The average Bonchev–Trinajstić information content (AvgIpc) is 3.17. The first kappa shape index (κ1) is 25.1. The van der Waals surface area contributed by atoms with Gasteiger partial charge in [-0.25, -0.2) is 12.8 Å². The van der Waals surface area contributed by atoms with Gasteiger partial charge in [0.05, 0.1) is 15.8 Å². The number of carbonyl (C=O) groups excluding carboxylic acids is 2. The average molecular weight is 496 g/mol. The van der Waals surface area contributed by atoms with Gasteiger partial charge in [0.25, 0.3) is 0 Å². The molecule has 1 unspecified atom stereocenters. The molecule has 1 aliphatic rings. The van der Waals surface area contributed by atoms with Crippen molar-refractivity contribution < 1.29 is 22.4 Å². The van der Waals surface area contributed by atoms with Crippen LogP contribution in [0.1, 0.15) is 33.1 Å². The molecule has 0 aromatic heterocycles. The third kappa shape index (κ3) is 5.72. The van der Waals surface area contributed by atoms with Crippen molar-refractivity contribution in [3.05, 3.63) is 53.3 Å². The number of nitrogens with zero attached hydrogens (tertiary/aromatic N) is 2. The molecule has 2 aromatic rings. The maximum Gasteiger partial charge on any atom is 0.243 e. The second kappa shape index (κ2) is 10.6. The van der Waals surface area contributed by atoms with Gasteiger partial charge in [0, 0.05) is 37.4 Å². The summed E-state index contributed by atoms with van der Waals surface area (Å²) in [6, 6.07) is 9.99. The van der Waals surface area contributed by atoms with Gasteiger partial charge in [-0.15, -0.1) is 0 Å². The van der Waals surface area contributed by atoms with E-state index >= 15 is 0 Å². The molecule has 33 heavy (non-hydrogen) atoms. The number of sulfonamides is 1. The first-order valence-electron chi connectivity index (χ1n) is 10.8. The number of carbonyl (C=O) groups is 2. The minimum atomic E-state index is -3.61. The largest absolute Gasteiger partial charge is 0.326 e. The SMILES string of the molecule is CCCN(CCC)S(=O)(=O)c1ccc(NC(=O)C2CC(=O)N(c3ccc(F)c(Cl)c3)C2)cc1. The number of rotatable bonds is 9. The molecule has 1 aliphatic heterocycles. The van der Waals surface area contributed by atoms with Crippen molar-refractivity contribution in [1.29, 1.82) is 0 Å². The number of nitrogens with one attached hydrogen (secondary N) is 1. The predicted molar refractivity (Wildman–Crippen MR) is 126 cm³/mol. The highest BCUT2D eigenvalue weighted by Gasteiger charge is 2.35. The zero-order chi connectivity index (χ0) is 24.2. The summed E-state index contributed by atoms with van der Waals surface area (Å²) in [6.45, 7) is 4.88. The summed E-state index contributed by atoms with van der Waals surface area (Å²) in [5.74, 6) is -1.80. The summed E-state index contributed by atoms with van der Waals surface area (Å²) in [5.41, 5.74) is 0.868. The Kier molecular flexibility index (Phi) is 8.10. The summed E-state index contributed by atoms with van der Waals surface area (Å²) in [5, 5.41) is 2.65. The third-order valence-corrected chi connectivity index (χ3v) is 7.62. The number of amides is 2. The van der Waals surface area contributed by atoms with Gasteiger partial charge in [-0.1, -0.05) is 25.4 Å². The Balaban J connectivity index is 1.67. The van der Waals surface area contributed by atoms with Gasteiger partial charge >= 0.3 is 0 Å². The molecule has 1 heterocycles. The van der Waals surface area contributed by atoms with Crippen LogP contribution in [-0.2, 0) is 19.6 Å². The molecule has 2 aromatic carbocycles. The Morgan fingerprint density at radius 1 is 1.15 bits per heavy atom. The normalized spacial score (nSPS) is 16.5. The molecule has 10 heteroatoms. The highest BCUT2D eigenvalue weighted by Crippen LogP contribution is 2.29. The van der Waals surface area contributed by atoms with Gasteiger partial charge in [0.2, 0.25) is 21.8 Å². The van der Waals surface area contributed by atoms with E-state index in [0.717, 1.165) is 0 Å². The van der Waals surface area contributed by atoms with Gasteiger partial charge in [-0.3, -0.25) is 9.59 Å². The fraction of sp³-hybridized carbons (Fsp3) is 0.391. The van der Waals surface area contributed by atoms with Gasteiger partial charge in [-0.2, -0.15) is 4.31 Å². The lowest BCUT2D eigenvalue weighted by atomic mass is 10.1. The van der Waals surface area contributed by atoms with Crippen molar-refractivity contribution in [3.8, 4) is 0 Å². The van der Waals surface area contributed by atoms with Crippen LogP contribution in [0, 0.1) is 11.7 Å². The zero-order valence-corrected chi connectivity index (χ0v) is 20.1. The second-order valence-corrected chi connectivity index (χ2v) is 10.3. The van der Waals surface area contributed by atoms with Crippen LogP contribution in [0.15, 0.2) is 47.4 Å². The smallest absolute Gasteiger partial charge is 0.243 e. The van der Waals surface area contributed by atoms with E-state index in [1.807, 2.05) is 13.8 Å². The highest BCUT2D eigenvalue weighted by atomic mass is 35.5. The number of hydrogen-bond donors (Lipinski definition) is 1. The standard InChI is InChI=1S/C23H27ClFN3O4S/c1-3-11-27(12-4-2)33(31,32)19-8-5-17(6-9-19)26-23(30)16-13-22(29)28(15-16)18-7-10-21(25)20(24)14-18/h5-10,14,16H,3-4,11-13,15H2,1-2H3,(H,26,30). The van der Waals surface area contributed by atoms with Crippen LogP contribution in [0.4, 0.5) is 15.8 Å². The van der Waals surface area contributed by atoms with Gasteiger partial charge < -0.3 is 10.2 Å². The Bertz CT molecular complexity index is 1120. The monoisotopic (exact) mass is 495 g/mol. The highest BCUT2D eigenvalue weighted by molar-refractivity contribution is 7.89. The Labute approximate surface area is 198 Å². The van der Waals surface area contributed by atoms with Gasteiger partial charge in [0.15, 0.2) is 0 Å². The summed E-state index contributed by atoms with van der Waals surface area (Å²) < 4.78 is 40.6. The van der Waals surface area contributed by atoms with E-state index in [0.29, 0.717) is 37.3 Å². The molecule has 3 rings (SSSR count). The molecule has 178 valence electrons. The van der Waals surface area contributed by atoms with Crippen molar-refractivity contribution in [1.82, 2.24) is 4.31 Å². The molecule has 0 saturated carbocycles. The van der Waals surface area contributed by atoms with E-state index in [2.05, 4.69) is 5.32 Å². The third-order valence-electron chi connectivity index (χ3n) is 5.42. The van der Waals surface area contributed by atoms with Crippen LogP contribution in [-0.4, -0.2) is 44.2 Å². The van der Waals surface area contributed by atoms with E-state index in [4.69, 9.17) is 11.6 Å². The van der Waals surface area contributed by atoms with Crippen LogP contribution in [0.3, 0.4) is 0 Å². The molecular weight excluding hydrogens is 469 g/mol. The summed E-state index contributed by atoms with van der Waals surface area (Å²) in [6.07, 6.45) is 1.44. The van der Waals surface area contributed by atoms with E-state index in [9.17, 15) is 22.4 Å². The summed E-state index contributed by atoms with van der Waals surface area (Å²) in [7, 11) is -3.61. The van der Waals surface area contributed by atoms with Crippen molar-refractivity contribution in [2.24, 2.45) is 5.92 Å². The van der Waals surface area contributed by atoms with Crippen LogP contribution in [0.5, 0.6) is 0 Å². The van der Waals surface area contributed by atoms with Crippen molar-refractivity contribution in [2.75, 3.05) is 29.9 Å². The van der Waals surface area contributed by atoms with Crippen LogP contribution >= 0.6 is 11.6 Å². The fourth-order valence-corrected chi connectivity index (χ4v) is 5.54. The van der Waals surface area contributed by atoms with Crippen molar-refractivity contribution in [2.45, 2.75) is 38.0 Å². The molecule has 1 atom stereocenters. The fourth-order valence-electron chi connectivity index (χ4n) is 3.74. The first-order chi connectivity index (χ1) is 15.7. The minimum absolute atomic E-state index is 0.0102. The molecule has 1 saturated heterocycles. The number of hydrogen-bond acceptors (Lipinski definition) is 4. The molecule has 0 radical (unpaired) electrons. The first-order valence-corrected chi connectivity index (χ1v) is 12.7. The lowest BCUT2D eigenvalue weighted by Crippen LogP contribution is -2.32. The molecule has 0 aliphatic carbocycles. The molecule has 1 fully saturated rings. The van der Waals surface area contributed by atoms with E-state index in [1.54, 1.807) is 0 Å². The molecule has 0 spiro atoms. The number of anilines is 2. The molecule has 7 nitrogen and oxygen atoms in total. The van der Waals surface area contributed by atoms with Crippen molar-refractivity contribution in [3.63, 3.8) is 0 Å². The molecule has 1 N–H and O–H groups in total.